The molecule has 2 unspecified atom stereocenters. The standard InChI is InChI=1S/C19H31N3O4S.ClH/c1-15(17-4-3-9-20-14-17)12-19(23)21-13-16-5-7-18(8-6-16)27(24,25)22-10-11-26-2;/h5-8,15,17,20,22H,3-4,9-14H2,1-2H3,(H,21,23);1H. The van der Waals surface area contributed by atoms with Crippen LogP contribution in [0.5, 0.6) is 0 Å². The highest BCUT2D eigenvalue weighted by Gasteiger charge is 2.22. The third-order valence-corrected chi connectivity index (χ3v) is 6.45. The van der Waals surface area contributed by atoms with Crippen LogP contribution in [0.1, 0.15) is 31.7 Å². The Bertz CT molecular complexity index is 692. The molecule has 7 nitrogen and oxygen atoms in total. The highest BCUT2D eigenvalue weighted by Crippen LogP contribution is 2.22. The van der Waals surface area contributed by atoms with Crippen molar-refractivity contribution in [3.8, 4) is 0 Å². The Morgan fingerprint density at radius 2 is 2.04 bits per heavy atom. The predicted octanol–water partition coefficient (Wildman–Crippen LogP) is 1.68. The summed E-state index contributed by atoms with van der Waals surface area (Å²) in [5, 5.41) is 6.32. The van der Waals surface area contributed by atoms with Crippen LogP contribution in [0.2, 0.25) is 0 Å². The summed E-state index contributed by atoms with van der Waals surface area (Å²) in [5.41, 5.74) is 0.867. The van der Waals surface area contributed by atoms with Gasteiger partial charge in [-0.1, -0.05) is 19.1 Å². The zero-order valence-corrected chi connectivity index (χ0v) is 18.2. The molecule has 0 bridgehead atoms. The molecule has 1 heterocycles. The van der Waals surface area contributed by atoms with E-state index in [1.807, 2.05) is 0 Å². The number of benzene rings is 1. The van der Waals surface area contributed by atoms with Gasteiger partial charge < -0.3 is 15.4 Å². The Kier molecular flexibility index (Phi) is 11.0. The van der Waals surface area contributed by atoms with Crippen molar-refractivity contribution in [2.24, 2.45) is 11.8 Å². The van der Waals surface area contributed by atoms with E-state index in [1.54, 1.807) is 24.3 Å². The number of sulfonamides is 1. The largest absolute Gasteiger partial charge is 0.383 e. The van der Waals surface area contributed by atoms with Crippen molar-refractivity contribution in [3.05, 3.63) is 29.8 Å². The van der Waals surface area contributed by atoms with Crippen molar-refractivity contribution in [3.63, 3.8) is 0 Å². The summed E-state index contributed by atoms with van der Waals surface area (Å²) in [6.45, 7) is 5.13. The molecule has 0 spiro atoms. The molecule has 1 aromatic carbocycles. The minimum absolute atomic E-state index is 0. The Morgan fingerprint density at radius 3 is 2.64 bits per heavy atom. The van der Waals surface area contributed by atoms with Crippen LogP contribution in [0.3, 0.4) is 0 Å². The van der Waals surface area contributed by atoms with Crippen LogP contribution >= 0.6 is 12.4 Å². The Balaban J connectivity index is 0.00000392. The molecular formula is C19H32ClN3O4S. The van der Waals surface area contributed by atoms with Crippen LogP contribution in [-0.2, 0) is 26.1 Å². The van der Waals surface area contributed by atoms with Gasteiger partial charge in [-0.15, -0.1) is 12.4 Å². The number of nitrogens with one attached hydrogen (secondary N) is 3. The van der Waals surface area contributed by atoms with Crippen molar-refractivity contribution >= 4 is 28.3 Å². The highest BCUT2D eigenvalue weighted by atomic mass is 35.5. The minimum Gasteiger partial charge on any atom is -0.383 e. The molecule has 0 radical (unpaired) electrons. The number of ether oxygens (including phenoxy) is 1. The summed E-state index contributed by atoms with van der Waals surface area (Å²) in [6.07, 6.45) is 2.87. The van der Waals surface area contributed by atoms with Gasteiger partial charge in [0.1, 0.15) is 0 Å². The Hall–Kier alpha value is -1.19. The minimum atomic E-state index is -3.53. The van der Waals surface area contributed by atoms with Gasteiger partial charge in [0.25, 0.3) is 0 Å². The quantitative estimate of drug-likeness (QED) is 0.488. The van der Waals surface area contributed by atoms with E-state index >= 15 is 0 Å². The highest BCUT2D eigenvalue weighted by molar-refractivity contribution is 7.89. The van der Waals surface area contributed by atoms with Gasteiger partial charge in [0.05, 0.1) is 11.5 Å². The van der Waals surface area contributed by atoms with Crippen LogP contribution in [0.25, 0.3) is 0 Å². The van der Waals surface area contributed by atoms with Crippen LogP contribution in [0.4, 0.5) is 0 Å². The van der Waals surface area contributed by atoms with Crippen molar-refractivity contribution in [2.75, 3.05) is 33.4 Å². The summed E-state index contributed by atoms with van der Waals surface area (Å²) in [6, 6.07) is 6.54. The number of carbonyl (C=O) groups is 1. The van der Waals surface area contributed by atoms with Gasteiger partial charge in [-0.3, -0.25) is 4.79 Å². The lowest BCUT2D eigenvalue weighted by molar-refractivity contribution is -0.122. The third kappa shape index (κ3) is 8.05. The number of hydrogen-bond donors (Lipinski definition) is 3. The first-order valence-electron chi connectivity index (χ1n) is 9.47. The maximum atomic E-state index is 12.2. The number of halogens is 1. The number of rotatable bonds is 10. The van der Waals surface area contributed by atoms with Crippen LogP contribution < -0.4 is 15.4 Å². The molecule has 1 amide bonds. The van der Waals surface area contributed by atoms with Crippen LogP contribution in [-0.4, -0.2) is 47.7 Å². The van der Waals surface area contributed by atoms with Crippen molar-refractivity contribution < 1.29 is 17.9 Å². The van der Waals surface area contributed by atoms with Gasteiger partial charge in [-0.05, 0) is 55.5 Å². The second-order valence-corrected chi connectivity index (χ2v) is 8.87. The van der Waals surface area contributed by atoms with Gasteiger partial charge >= 0.3 is 0 Å². The average molecular weight is 434 g/mol. The molecule has 2 rings (SSSR count). The smallest absolute Gasteiger partial charge is 0.240 e. The Morgan fingerprint density at radius 1 is 1.32 bits per heavy atom. The topological polar surface area (TPSA) is 96.5 Å². The molecule has 160 valence electrons. The first-order chi connectivity index (χ1) is 12.9. The molecule has 3 N–H and O–H groups in total. The van der Waals surface area contributed by atoms with Crippen molar-refractivity contribution in [1.82, 2.24) is 15.4 Å². The van der Waals surface area contributed by atoms with E-state index in [9.17, 15) is 13.2 Å². The fraction of sp³-hybridized carbons (Fsp3) is 0.632. The van der Waals surface area contributed by atoms with Crippen LogP contribution in [0.15, 0.2) is 29.2 Å². The van der Waals surface area contributed by atoms with Crippen molar-refractivity contribution in [2.45, 2.75) is 37.6 Å². The molecule has 1 aromatic rings. The van der Waals surface area contributed by atoms with Gasteiger partial charge in [0.2, 0.25) is 15.9 Å². The van der Waals surface area contributed by atoms with Gasteiger partial charge in [-0.25, -0.2) is 13.1 Å². The molecule has 1 fully saturated rings. The van der Waals surface area contributed by atoms with E-state index in [-0.39, 0.29) is 29.8 Å². The first kappa shape index (κ1) is 24.8. The Labute approximate surface area is 174 Å². The van der Waals surface area contributed by atoms with Gasteiger partial charge in [0.15, 0.2) is 0 Å². The molecule has 0 aliphatic carbocycles. The van der Waals surface area contributed by atoms with E-state index in [2.05, 4.69) is 22.3 Å². The molecule has 1 aliphatic rings. The number of carbonyl (C=O) groups excluding carboxylic acids is 1. The summed E-state index contributed by atoms with van der Waals surface area (Å²) < 4.78 is 31.5. The number of hydrogen-bond acceptors (Lipinski definition) is 5. The summed E-state index contributed by atoms with van der Waals surface area (Å²) in [5.74, 6) is 0.939. The molecule has 1 saturated heterocycles. The lowest BCUT2D eigenvalue weighted by atomic mass is 9.85. The predicted molar refractivity (Wildman–Crippen MR) is 112 cm³/mol. The van der Waals surface area contributed by atoms with Gasteiger partial charge in [0, 0.05) is 26.6 Å². The zero-order valence-electron chi connectivity index (χ0n) is 16.6. The third-order valence-electron chi connectivity index (χ3n) is 4.97. The van der Waals surface area contributed by atoms with E-state index in [0.29, 0.717) is 31.4 Å². The molecule has 9 heteroatoms. The molecule has 0 aromatic heterocycles. The zero-order chi connectivity index (χ0) is 19.7. The summed E-state index contributed by atoms with van der Waals surface area (Å²) >= 11 is 0. The fourth-order valence-corrected chi connectivity index (χ4v) is 4.26. The van der Waals surface area contributed by atoms with E-state index in [1.165, 1.54) is 20.0 Å². The molecule has 0 saturated carbocycles. The maximum Gasteiger partial charge on any atom is 0.240 e. The van der Waals surface area contributed by atoms with E-state index in [4.69, 9.17) is 4.74 Å². The number of piperidine rings is 1. The summed E-state index contributed by atoms with van der Waals surface area (Å²) in [4.78, 5) is 12.4. The molecular weight excluding hydrogens is 402 g/mol. The molecule has 28 heavy (non-hydrogen) atoms. The van der Waals surface area contributed by atoms with Gasteiger partial charge in [-0.2, -0.15) is 0 Å². The number of methoxy groups -OCH3 is 1. The maximum absolute atomic E-state index is 12.2. The summed E-state index contributed by atoms with van der Waals surface area (Å²) in [7, 11) is -2.01. The van der Waals surface area contributed by atoms with E-state index in [0.717, 1.165) is 18.7 Å². The second kappa shape index (κ2) is 12.4. The number of amides is 1. The lowest BCUT2D eigenvalue weighted by Crippen LogP contribution is -2.35. The average Bonchev–Trinajstić information content (AvgIpc) is 2.67. The molecule has 2 atom stereocenters. The molecule has 1 aliphatic heterocycles. The first-order valence-corrected chi connectivity index (χ1v) is 11.0. The van der Waals surface area contributed by atoms with Crippen LogP contribution in [0, 0.1) is 11.8 Å². The SMILES string of the molecule is COCCNS(=O)(=O)c1ccc(CNC(=O)CC(C)C2CCCNC2)cc1.Cl. The monoisotopic (exact) mass is 433 g/mol. The van der Waals surface area contributed by atoms with E-state index < -0.39 is 10.0 Å². The normalized spacial score (nSPS) is 18.1. The van der Waals surface area contributed by atoms with Crippen molar-refractivity contribution in [1.29, 1.82) is 0 Å². The fourth-order valence-electron chi connectivity index (χ4n) is 3.24. The second-order valence-electron chi connectivity index (χ2n) is 7.10. The lowest BCUT2D eigenvalue weighted by Gasteiger charge is -2.28.